The van der Waals surface area contributed by atoms with Crippen molar-refractivity contribution in [2.75, 3.05) is 24.7 Å². The second-order valence-corrected chi connectivity index (χ2v) is 6.50. The molecule has 0 spiro atoms. The Bertz CT molecular complexity index is 243. The van der Waals surface area contributed by atoms with Gasteiger partial charge in [0.25, 0.3) is 0 Å². The van der Waals surface area contributed by atoms with Crippen LogP contribution in [-0.4, -0.2) is 47.1 Å². The summed E-state index contributed by atoms with van der Waals surface area (Å²) in [5.74, 6) is 2.19. The number of oxime groups is 1. The molecule has 0 saturated carbocycles. The van der Waals surface area contributed by atoms with Crippen LogP contribution in [0.1, 0.15) is 33.6 Å². The fourth-order valence-corrected chi connectivity index (χ4v) is 2.34. The van der Waals surface area contributed by atoms with Crippen LogP contribution in [0.15, 0.2) is 5.16 Å². The van der Waals surface area contributed by atoms with E-state index in [1.807, 2.05) is 11.8 Å². The number of nitrogens with one attached hydrogen (secondary N) is 1. The lowest BCUT2D eigenvalue weighted by atomic mass is 10.1. The van der Waals surface area contributed by atoms with Crippen LogP contribution in [0, 0.1) is 0 Å². The van der Waals surface area contributed by atoms with Crippen LogP contribution in [-0.2, 0) is 4.84 Å². The zero-order valence-corrected chi connectivity index (χ0v) is 11.8. The lowest BCUT2D eigenvalue weighted by molar-refractivity contribution is 0.0369. The molecule has 1 unspecified atom stereocenters. The molecule has 1 heterocycles. The van der Waals surface area contributed by atoms with Crippen molar-refractivity contribution in [3.63, 3.8) is 0 Å². The Balaban J connectivity index is 2.12. The third-order valence-corrected chi connectivity index (χ3v) is 3.47. The van der Waals surface area contributed by atoms with Crippen LogP contribution < -0.4 is 5.32 Å². The van der Waals surface area contributed by atoms with Crippen LogP contribution in [0.25, 0.3) is 0 Å². The Morgan fingerprint density at radius 1 is 1.53 bits per heavy atom. The van der Waals surface area contributed by atoms with Gasteiger partial charge in [0.2, 0.25) is 0 Å². The van der Waals surface area contributed by atoms with Crippen molar-refractivity contribution in [1.29, 1.82) is 0 Å². The maximum absolute atomic E-state index is 9.68. The summed E-state index contributed by atoms with van der Waals surface area (Å²) in [5, 5.41) is 17.0. The monoisotopic (exact) mass is 260 g/mol. The molecule has 0 bridgehead atoms. The molecule has 1 aliphatic heterocycles. The van der Waals surface area contributed by atoms with Crippen LogP contribution in [0.5, 0.6) is 0 Å². The number of aliphatic hydroxyl groups excluding tert-OH is 1. The minimum Gasteiger partial charge on any atom is -0.393 e. The van der Waals surface area contributed by atoms with E-state index in [1.54, 1.807) is 0 Å². The van der Waals surface area contributed by atoms with E-state index in [0.717, 1.165) is 17.9 Å². The number of hydrogen-bond acceptors (Lipinski definition) is 5. The number of β-amino-alcohol motifs (C(OH)–C–C–N with tert-alkyl or cyclic N) is 1. The summed E-state index contributed by atoms with van der Waals surface area (Å²) in [6.45, 7) is 7.00. The Labute approximate surface area is 108 Å². The molecule has 0 radical (unpaired) electrons. The van der Waals surface area contributed by atoms with Crippen LogP contribution in [0.2, 0.25) is 0 Å². The average molecular weight is 260 g/mol. The fraction of sp³-hybridized carbons (Fsp3) is 0.917. The van der Waals surface area contributed by atoms with Crippen molar-refractivity contribution >= 4 is 17.5 Å². The molecular formula is C12H24N2O2S. The van der Waals surface area contributed by atoms with Crippen molar-refractivity contribution in [3.05, 3.63) is 0 Å². The van der Waals surface area contributed by atoms with E-state index in [0.29, 0.717) is 6.54 Å². The quantitative estimate of drug-likeness (QED) is 0.738. The first kappa shape index (κ1) is 14.8. The normalized spacial score (nSPS) is 21.5. The van der Waals surface area contributed by atoms with Crippen molar-refractivity contribution in [2.24, 2.45) is 5.16 Å². The van der Waals surface area contributed by atoms with Crippen LogP contribution >= 0.6 is 11.8 Å². The molecule has 1 saturated heterocycles. The highest BCUT2D eigenvalue weighted by Gasteiger charge is 2.13. The second kappa shape index (κ2) is 7.24. The molecule has 0 aromatic rings. The van der Waals surface area contributed by atoms with E-state index in [9.17, 15) is 5.11 Å². The third-order valence-electron chi connectivity index (χ3n) is 2.35. The van der Waals surface area contributed by atoms with E-state index in [4.69, 9.17) is 4.84 Å². The molecule has 1 atom stereocenters. The summed E-state index contributed by atoms with van der Waals surface area (Å²) in [4.78, 5) is 5.18. The van der Waals surface area contributed by atoms with Gasteiger partial charge in [-0.05, 0) is 39.4 Å². The number of thioether (sulfide) groups is 1. The first-order chi connectivity index (χ1) is 7.97. The Hall–Kier alpha value is -0.260. The van der Waals surface area contributed by atoms with E-state index in [2.05, 4.69) is 31.2 Å². The van der Waals surface area contributed by atoms with E-state index < -0.39 is 6.10 Å². The summed E-state index contributed by atoms with van der Waals surface area (Å²) in [6, 6.07) is 0. The number of nitrogens with zero attached hydrogens (tertiary/aromatic N) is 1. The predicted octanol–water partition coefficient (Wildman–Crippen LogP) is 1.63. The molecular weight excluding hydrogens is 236 g/mol. The molecule has 2 N–H and O–H groups in total. The van der Waals surface area contributed by atoms with Crippen molar-refractivity contribution in [3.8, 4) is 0 Å². The van der Waals surface area contributed by atoms with Gasteiger partial charge in [0.05, 0.1) is 5.71 Å². The fourth-order valence-electron chi connectivity index (χ4n) is 1.41. The van der Waals surface area contributed by atoms with Crippen molar-refractivity contribution < 1.29 is 9.94 Å². The van der Waals surface area contributed by atoms with Gasteiger partial charge >= 0.3 is 0 Å². The lowest BCUT2D eigenvalue weighted by Crippen LogP contribution is -2.42. The summed E-state index contributed by atoms with van der Waals surface area (Å²) in [6.07, 6.45) is 1.71. The van der Waals surface area contributed by atoms with E-state index in [-0.39, 0.29) is 12.1 Å². The van der Waals surface area contributed by atoms with Crippen molar-refractivity contribution in [2.45, 2.75) is 45.3 Å². The molecule has 1 fully saturated rings. The standard InChI is InChI=1S/C12H24N2O2S/c1-12(2,3)13-7-11(15)8-16-14-10-5-4-6-17-9-10/h11,13,15H,4-9H2,1-3H3/b14-10-. The van der Waals surface area contributed by atoms with Gasteiger partial charge in [0.1, 0.15) is 12.7 Å². The molecule has 1 aliphatic rings. The summed E-state index contributed by atoms with van der Waals surface area (Å²) in [5.41, 5.74) is 1.13. The smallest absolute Gasteiger partial charge is 0.144 e. The summed E-state index contributed by atoms with van der Waals surface area (Å²) in [7, 11) is 0. The first-order valence-corrected chi connectivity index (χ1v) is 7.31. The lowest BCUT2D eigenvalue weighted by Gasteiger charge is -2.22. The zero-order chi connectivity index (χ0) is 12.7. The summed E-state index contributed by atoms with van der Waals surface area (Å²) < 4.78 is 0. The highest BCUT2D eigenvalue weighted by molar-refractivity contribution is 8.00. The van der Waals surface area contributed by atoms with Gasteiger partial charge < -0.3 is 15.3 Å². The van der Waals surface area contributed by atoms with E-state index in [1.165, 1.54) is 12.2 Å². The molecule has 5 heteroatoms. The molecule has 0 aromatic heterocycles. The first-order valence-electron chi connectivity index (χ1n) is 6.16. The van der Waals surface area contributed by atoms with Gasteiger partial charge in [-0.25, -0.2) is 0 Å². The molecule has 100 valence electrons. The number of aliphatic hydroxyl groups is 1. The predicted molar refractivity (Wildman–Crippen MR) is 73.7 cm³/mol. The molecule has 0 amide bonds. The van der Waals surface area contributed by atoms with Gasteiger partial charge in [-0.2, -0.15) is 11.8 Å². The van der Waals surface area contributed by atoms with Gasteiger partial charge in [-0.3, -0.25) is 0 Å². The minimum atomic E-state index is -0.505. The van der Waals surface area contributed by atoms with Gasteiger partial charge in [-0.15, -0.1) is 0 Å². The third kappa shape index (κ3) is 7.63. The molecule has 17 heavy (non-hydrogen) atoms. The number of rotatable bonds is 5. The topological polar surface area (TPSA) is 53.8 Å². The Morgan fingerprint density at radius 2 is 2.29 bits per heavy atom. The minimum absolute atomic E-state index is 0.0207. The van der Waals surface area contributed by atoms with Gasteiger partial charge in [0.15, 0.2) is 0 Å². The van der Waals surface area contributed by atoms with Crippen LogP contribution in [0.3, 0.4) is 0 Å². The SMILES string of the molecule is CC(C)(C)NCC(O)CO/N=C1/CCCSC1. The Kier molecular flexibility index (Phi) is 6.30. The largest absolute Gasteiger partial charge is 0.393 e. The Morgan fingerprint density at radius 3 is 2.88 bits per heavy atom. The highest BCUT2D eigenvalue weighted by Crippen LogP contribution is 2.14. The average Bonchev–Trinajstić information content (AvgIpc) is 2.27. The maximum atomic E-state index is 9.68. The van der Waals surface area contributed by atoms with Crippen LogP contribution in [0.4, 0.5) is 0 Å². The second-order valence-electron chi connectivity index (χ2n) is 5.39. The summed E-state index contributed by atoms with van der Waals surface area (Å²) >= 11 is 1.89. The number of hydrogen-bond donors (Lipinski definition) is 2. The maximum Gasteiger partial charge on any atom is 0.144 e. The molecule has 4 nitrogen and oxygen atoms in total. The van der Waals surface area contributed by atoms with Gasteiger partial charge in [0, 0.05) is 17.8 Å². The van der Waals surface area contributed by atoms with E-state index >= 15 is 0 Å². The molecule has 0 aromatic carbocycles. The molecule has 1 rings (SSSR count). The van der Waals surface area contributed by atoms with Crippen molar-refractivity contribution in [1.82, 2.24) is 5.32 Å². The highest BCUT2D eigenvalue weighted by atomic mass is 32.2. The zero-order valence-electron chi connectivity index (χ0n) is 11.0. The van der Waals surface area contributed by atoms with Gasteiger partial charge in [-0.1, -0.05) is 5.16 Å². The molecule has 0 aliphatic carbocycles.